The molecule has 0 saturated carbocycles. The second-order valence-corrected chi connectivity index (χ2v) is 4.50. The van der Waals surface area contributed by atoms with Crippen LogP contribution in [0.2, 0.25) is 0 Å². The Morgan fingerprint density at radius 3 is 3.00 bits per heavy atom. The van der Waals surface area contributed by atoms with Crippen LogP contribution in [0.25, 0.3) is 0 Å². The number of benzene rings is 1. The molecular formula is C12H12O3S. The molecule has 16 heavy (non-hydrogen) atoms. The van der Waals surface area contributed by atoms with Crippen molar-refractivity contribution in [2.24, 2.45) is 0 Å². The van der Waals surface area contributed by atoms with Gasteiger partial charge in [-0.05, 0) is 18.6 Å². The monoisotopic (exact) mass is 236 g/mol. The fraction of sp³-hybridized carbons (Fsp3) is 0.333. The van der Waals surface area contributed by atoms with Crippen LogP contribution in [0.15, 0.2) is 29.2 Å². The summed E-state index contributed by atoms with van der Waals surface area (Å²) in [5, 5.41) is 0. The maximum Gasteiger partial charge on any atom is 0.321 e. The van der Waals surface area contributed by atoms with E-state index in [0.717, 1.165) is 10.5 Å². The van der Waals surface area contributed by atoms with Crippen molar-refractivity contribution < 1.29 is 14.3 Å². The summed E-state index contributed by atoms with van der Waals surface area (Å²) >= 11 is 1.48. The lowest BCUT2D eigenvalue weighted by Gasteiger charge is -2.22. The molecule has 1 aliphatic rings. The number of thioether (sulfide) groups is 1. The zero-order valence-corrected chi connectivity index (χ0v) is 9.75. The number of ketones is 1. The van der Waals surface area contributed by atoms with Crippen LogP contribution in [0, 0.1) is 0 Å². The largest absolute Gasteiger partial charge is 0.465 e. The molecule has 3 nitrogen and oxygen atoms in total. The van der Waals surface area contributed by atoms with Crippen molar-refractivity contribution >= 4 is 23.5 Å². The first-order valence-electron chi connectivity index (χ1n) is 5.15. The quantitative estimate of drug-likeness (QED) is 0.582. The van der Waals surface area contributed by atoms with Crippen molar-refractivity contribution in [1.82, 2.24) is 0 Å². The van der Waals surface area contributed by atoms with Crippen LogP contribution in [0.5, 0.6) is 0 Å². The second kappa shape index (κ2) is 4.70. The molecule has 1 heterocycles. The topological polar surface area (TPSA) is 43.4 Å². The van der Waals surface area contributed by atoms with Crippen LogP contribution in [-0.4, -0.2) is 24.1 Å². The van der Waals surface area contributed by atoms with Gasteiger partial charge >= 0.3 is 5.97 Å². The molecule has 0 amide bonds. The smallest absolute Gasteiger partial charge is 0.321 e. The molecule has 0 spiro atoms. The number of esters is 1. The normalized spacial score (nSPS) is 19.1. The van der Waals surface area contributed by atoms with E-state index in [-0.39, 0.29) is 5.78 Å². The van der Waals surface area contributed by atoms with Crippen LogP contribution in [0.1, 0.15) is 18.4 Å². The predicted octanol–water partition coefficient (Wildman–Crippen LogP) is 2.01. The molecule has 1 aromatic rings. The lowest BCUT2D eigenvalue weighted by molar-refractivity contribution is -0.147. The van der Waals surface area contributed by atoms with Crippen molar-refractivity contribution in [2.45, 2.75) is 17.7 Å². The molecule has 2 rings (SSSR count). The fourth-order valence-corrected chi connectivity index (χ4v) is 2.73. The predicted molar refractivity (Wildman–Crippen MR) is 61.5 cm³/mol. The van der Waals surface area contributed by atoms with Crippen LogP contribution in [0.3, 0.4) is 0 Å². The molecule has 1 unspecified atom stereocenters. The van der Waals surface area contributed by atoms with E-state index in [4.69, 9.17) is 4.74 Å². The summed E-state index contributed by atoms with van der Waals surface area (Å²) in [5.74, 6) is -0.875. The van der Waals surface area contributed by atoms with Gasteiger partial charge in [-0.15, -0.1) is 11.8 Å². The Balaban J connectivity index is 2.37. The number of hydrogen-bond acceptors (Lipinski definition) is 4. The Labute approximate surface area is 98.2 Å². The third kappa shape index (κ3) is 1.97. The summed E-state index contributed by atoms with van der Waals surface area (Å²) in [5.41, 5.74) is 0.780. The highest BCUT2D eigenvalue weighted by molar-refractivity contribution is 8.00. The minimum atomic E-state index is -0.725. The molecule has 1 aromatic carbocycles. The van der Waals surface area contributed by atoms with Gasteiger partial charge in [0, 0.05) is 4.90 Å². The number of carbonyl (C=O) groups excluding carboxylic acids is 2. The van der Waals surface area contributed by atoms with E-state index in [2.05, 4.69) is 0 Å². The van der Waals surface area contributed by atoms with Gasteiger partial charge < -0.3 is 4.74 Å². The van der Waals surface area contributed by atoms with Gasteiger partial charge in [0.1, 0.15) is 5.92 Å². The second-order valence-electron chi connectivity index (χ2n) is 3.48. The lowest BCUT2D eigenvalue weighted by Crippen LogP contribution is -2.28. The molecule has 0 aliphatic carbocycles. The maximum absolute atomic E-state index is 11.8. The Bertz CT molecular complexity index is 428. The first-order chi connectivity index (χ1) is 7.74. The molecule has 1 aliphatic heterocycles. The van der Waals surface area contributed by atoms with E-state index in [0.29, 0.717) is 12.4 Å². The number of hydrogen-bond donors (Lipinski definition) is 0. The number of ether oxygens (including phenoxy) is 1. The highest BCUT2D eigenvalue weighted by Gasteiger charge is 2.34. The molecule has 0 aromatic heterocycles. The summed E-state index contributed by atoms with van der Waals surface area (Å²) in [6.45, 7) is 2.05. The van der Waals surface area contributed by atoms with E-state index in [9.17, 15) is 9.59 Å². The van der Waals surface area contributed by atoms with Crippen LogP contribution in [-0.2, 0) is 14.3 Å². The number of rotatable bonds is 2. The molecule has 1 atom stereocenters. The summed E-state index contributed by atoms with van der Waals surface area (Å²) in [7, 11) is 0. The zero-order valence-electron chi connectivity index (χ0n) is 8.93. The van der Waals surface area contributed by atoms with Crippen LogP contribution < -0.4 is 0 Å². The minimum Gasteiger partial charge on any atom is -0.465 e. The van der Waals surface area contributed by atoms with Crippen LogP contribution in [0.4, 0.5) is 0 Å². The van der Waals surface area contributed by atoms with Gasteiger partial charge in [0.15, 0.2) is 5.78 Å². The highest BCUT2D eigenvalue weighted by atomic mass is 32.2. The molecule has 84 valence electrons. The van der Waals surface area contributed by atoms with Crippen molar-refractivity contribution in [3.05, 3.63) is 29.8 Å². The number of fused-ring (bicyclic) bond motifs is 1. The Kier molecular flexibility index (Phi) is 3.29. The SMILES string of the molecule is CCOC(=O)C1C(=O)CSc2ccccc21. The first kappa shape index (κ1) is 11.2. The van der Waals surface area contributed by atoms with Gasteiger partial charge in [-0.1, -0.05) is 18.2 Å². The van der Waals surface area contributed by atoms with Crippen LogP contribution >= 0.6 is 11.8 Å². The maximum atomic E-state index is 11.8. The summed E-state index contributed by atoms with van der Waals surface area (Å²) in [6, 6.07) is 7.49. The number of carbonyl (C=O) groups is 2. The Hall–Kier alpha value is -1.29. The molecule has 0 N–H and O–H groups in total. The third-order valence-electron chi connectivity index (χ3n) is 2.44. The summed E-state index contributed by atoms with van der Waals surface area (Å²) in [6.07, 6.45) is 0. The average molecular weight is 236 g/mol. The van der Waals surface area contributed by atoms with Gasteiger partial charge in [-0.3, -0.25) is 9.59 Å². The van der Waals surface area contributed by atoms with Crippen molar-refractivity contribution in [3.8, 4) is 0 Å². The van der Waals surface area contributed by atoms with Crippen molar-refractivity contribution in [3.63, 3.8) is 0 Å². The zero-order chi connectivity index (χ0) is 11.5. The van der Waals surface area contributed by atoms with E-state index >= 15 is 0 Å². The van der Waals surface area contributed by atoms with Gasteiger partial charge in [-0.2, -0.15) is 0 Å². The molecule has 0 fully saturated rings. The van der Waals surface area contributed by atoms with E-state index in [1.54, 1.807) is 6.92 Å². The standard InChI is InChI=1S/C12H12O3S/c1-2-15-12(14)11-8-5-3-4-6-10(8)16-7-9(11)13/h3-6,11H,2,7H2,1H3. The Morgan fingerprint density at radius 2 is 2.25 bits per heavy atom. The molecule has 4 heteroatoms. The third-order valence-corrected chi connectivity index (χ3v) is 3.56. The van der Waals surface area contributed by atoms with Crippen molar-refractivity contribution in [2.75, 3.05) is 12.4 Å². The first-order valence-corrected chi connectivity index (χ1v) is 6.13. The molecule has 0 radical (unpaired) electrons. The fourth-order valence-electron chi connectivity index (χ4n) is 1.74. The van der Waals surface area contributed by atoms with Gasteiger partial charge in [-0.25, -0.2) is 0 Å². The van der Waals surface area contributed by atoms with Gasteiger partial charge in [0.2, 0.25) is 0 Å². The molecule has 0 saturated heterocycles. The Morgan fingerprint density at radius 1 is 1.50 bits per heavy atom. The average Bonchev–Trinajstić information content (AvgIpc) is 2.29. The minimum absolute atomic E-state index is 0.0675. The molecular weight excluding hydrogens is 224 g/mol. The summed E-state index contributed by atoms with van der Waals surface area (Å²) in [4.78, 5) is 24.5. The molecule has 0 bridgehead atoms. The van der Waals surface area contributed by atoms with E-state index in [1.807, 2.05) is 24.3 Å². The van der Waals surface area contributed by atoms with Gasteiger partial charge in [0.05, 0.1) is 12.4 Å². The van der Waals surface area contributed by atoms with Crippen molar-refractivity contribution in [1.29, 1.82) is 0 Å². The highest BCUT2D eigenvalue weighted by Crippen LogP contribution is 2.35. The summed E-state index contributed by atoms with van der Waals surface area (Å²) < 4.78 is 4.94. The van der Waals surface area contributed by atoms with E-state index in [1.165, 1.54) is 11.8 Å². The van der Waals surface area contributed by atoms with Gasteiger partial charge in [0.25, 0.3) is 0 Å². The number of Topliss-reactive ketones (excluding diaryl/α,β-unsaturated/α-hetero) is 1. The van der Waals surface area contributed by atoms with E-state index < -0.39 is 11.9 Å². The lowest BCUT2D eigenvalue weighted by atomic mass is 9.95.